The lowest BCUT2D eigenvalue weighted by Crippen LogP contribution is -2.34. The summed E-state index contributed by atoms with van der Waals surface area (Å²) in [6.07, 6.45) is -0.941. The molecule has 4 rings (SSSR count). The van der Waals surface area contributed by atoms with Crippen LogP contribution in [0.25, 0.3) is 11.1 Å². The minimum Gasteiger partial charge on any atom is -0.504 e. The Morgan fingerprint density at radius 3 is 2.81 bits per heavy atom. The van der Waals surface area contributed by atoms with Gasteiger partial charge in [-0.1, -0.05) is 24.3 Å². The number of alkyl halides is 3. The topological polar surface area (TPSA) is 61.4 Å². The van der Waals surface area contributed by atoms with Crippen molar-refractivity contribution in [2.75, 3.05) is 20.2 Å². The molecule has 2 N–H and O–H groups in total. The maximum Gasteiger partial charge on any atom is 0.416 e. The molecule has 0 unspecified atom stereocenters. The molecule has 0 spiro atoms. The van der Waals surface area contributed by atoms with E-state index in [0.717, 1.165) is 36.7 Å². The maximum absolute atomic E-state index is 13.2. The molecule has 2 heterocycles. The number of phenolic OH excluding ortho intramolecular Hbond substituents is 1. The molecule has 31 heavy (non-hydrogen) atoms. The van der Waals surface area contributed by atoms with Crippen molar-refractivity contribution < 1.29 is 23.0 Å². The van der Waals surface area contributed by atoms with Crippen molar-refractivity contribution >= 4 is 0 Å². The zero-order chi connectivity index (χ0) is 22.0. The van der Waals surface area contributed by atoms with Crippen LogP contribution in [-0.2, 0) is 12.7 Å². The van der Waals surface area contributed by atoms with Gasteiger partial charge in [0.25, 0.3) is 0 Å². The van der Waals surface area contributed by atoms with Gasteiger partial charge in [-0.15, -0.1) is 0 Å². The summed E-state index contributed by atoms with van der Waals surface area (Å²) in [4.78, 5) is 2.24. The number of hydrogen-bond donors (Lipinski definition) is 2. The summed E-state index contributed by atoms with van der Waals surface area (Å²) < 4.78 is 44.6. The number of hydrogen-bond acceptors (Lipinski definition) is 4. The van der Waals surface area contributed by atoms with Gasteiger partial charge in [-0.05, 0) is 43.1 Å². The number of benzene rings is 2. The average Bonchev–Trinajstić information content (AvgIpc) is 3.25. The van der Waals surface area contributed by atoms with Crippen LogP contribution < -0.4 is 4.74 Å². The molecule has 2 aromatic carbocycles. The molecule has 164 valence electrons. The highest BCUT2D eigenvalue weighted by Crippen LogP contribution is 2.37. The van der Waals surface area contributed by atoms with E-state index in [0.29, 0.717) is 30.0 Å². The van der Waals surface area contributed by atoms with E-state index in [1.165, 1.54) is 19.2 Å². The number of nitrogens with zero attached hydrogens (tertiary/aromatic N) is 2. The van der Waals surface area contributed by atoms with Gasteiger partial charge in [0.15, 0.2) is 11.5 Å². The number of ether oxygens (including phenoxy) is 1. The zero-order valence-corrected chi connectivity index (χ0v) is 17.1. The molecule has 8 heteroatoms. The summed E-state index contributed by atoms with van der Waals surface area (Å²) in [5.74, 6) is 0.679. The van der Waals surface area contributed by atoms with Crippen LogP contribution in [0.15, 0.2) is 48.7 Å². The zero-order valence-electron chi connectivity index (χ0n) is 17.1. The van der Waals surface area contributed by atoms with Gasteiger partial charge in [0.05, 0.1) is 18.9 Å². The van der Waals surface area contributed by atoms with Crippen LogP contribution in [0.2, 0.25) is 0 Å². The largest absolute Gasteiger partial charge is 0.504 e. The monoisotopic (exact) mass is 431 g/mol. The molecule has 1 aliphatic rings. The minimum atomic E-state index is -4.39. The molecule has 0 bridgehead atoms. The van der Waals surface area contributed by atoms with Gasteiger partial charge >= 0.3 is 6.18 Å². The Bertz CT molecular complexity index is 1050. The molecule has 3 aromatic rings. The van der Waals surface area contributed by atoms with Gasteiger partial charge < -0.3 is 9.84 Å². The summed E-state index contributed by atoms with van der Waals surface area (Å²) in [6, 6.07) is 10.8. The summed E-state index contributed by atoms with van der Waals surface area (Å²) in [5, 5.41) is 17.5. The third kappa shape index (κ3) is 4.54. The first-order valence-electron chi connectivity index (χ1n) is 10.1. The standard InChI is InChI=1S/C23H24F3N3O2/c1-31-20-9-3-6-17(22(20)30)14-29-10-4-7-16(13-29)21-19(12-27-28-21)15-5-2-8-18(11-15)23(24,25)26/h2-3,5-6,8-9,11-12,16,30H,4,7,10,13-14H2,1H3,(H,27,28)/t16-/m1/s1. The van der Waals surface area contributed by atoms with Crippen LogP contribution >= 0.6 is 0 Å². The Morgan fingerprint density at radius 1 is 1.23 bits per heavy atom. The van der Waals surface area contributed by atoms with Gasteiger partial charge in [-0.2, -0.15) is 18.3 Å². The highest BCUT2D eigenvalue weighted by Gasteiger charge is 2.31. The first kappa shape index (κ1) is 21.2. The third-order valence-corrected chi connectivity index (χ3v) is 5.78. The highest BCUT2D eigenvalue weighted by molar-refractivity contribution is 5.66. The van der Waals surface area contributed by atoms with Crippen LogP contribution in [0, 0.1) is 0 Å². The van der Waals surface area contributed by atoms with Crippen molar-refractivity contribution in [3.8, 4) is 22.6 Å². The number of piperidine rings is 1. The van der Waals surface area contributed by atoms with E-state index in [-0.39, 0.29) is 11.7 Å². The fourth-order valence-corrected chi connectivity index (χ4v) is 4.24. The van der Waals surface area contributed by atoms with Crippen molar-refractivity contribution in [1.29, 1.82) is 0 Å². The number of halogens is 3. The van der Waals surface area contributed by atoms with Crippen molar-refractivity contribution in [3.05, 3.63) is 65.5 Å². The highest BCUT2D eigenvalue weighted by atomic mass is 19.4. The van der Waals surface area contributed by atoms with Gasteiger partial charge in [0.2, 0.25) is 0 Å². The fourth-order valence-electron chi connectivity index (χ4n) is 4.24. The van der Waals surface area contributed by atoms with Gasteiger partial charge in [0.1, 0.15) is 0 Å². The fraction of sp³-hybridized carbons (Fsp3) is 0.348. The number of rotatable bonds is 5. The minimum absolute atomic E-state index is 0.105. The number of nitrogens with one attached hydrogen (secondary N) is 1. The predicted octanol–water partition coefficient (Wildman–Crippen LogP) is 5.19. The average molecular weight is 431 g/mol. The predicted molar refractivity (Wildman–Crippen MR) is 111 cm³/mol. The van der Waals surface area contributed by atoms with Crippen molar-refractivity contribution in [2.24, 2.45) is 0 Å². The molecule has 0 radical (unpaired) electrons. The van der Waals surface area contributed by atoms with Gasteiger partial charge in [-0.3, -0.25) is 10.00 Å². The van der Waals surface area contributed by atoms with Gasteiger partial charge in [0, 0.05) is 35.8 Å². The lowest BCUT2D eigenvalue weighted by atomic mass is 9.90. The van der Waals surface area contributed by atoms with Crippen LogP contribution in [-0.4, -0.2) is 40.4 Å². The molecular formula is C23H24F3N3O2. The Labute approximate surface area is 178 Å². The van der Waals surface area contributed by atoms with Crippen molar-refractivity contribution in [3.63, 3.8) is 0 Å². The lowest BCUT2D eigenvalue weighted by molar-refractivity contribution is -0.137. The van der Waals surface area contributed by atoms with E-state index in [9.17, 15) is 18.3 Å². The van der Waals surface area contributed by atoms with Gasteiger partial charge in [-0.25, -0.2) is 0 Å². The third-order valence-electron chi connectivity index (χ3n) is 5.78. The van der Waals surface area contributed by atoms with Crippen LogP contribution in [0.4, 0.5) is 13.2 Å². The summed E-state index contributed by atoms with van der Waals surface area (Å²) >= 11 is 0. The molecule has 0 aliphatic carbocycles. The van der Waals surface area contributed by atoms with E-state index in [2.05, 4.69) is 15.1 Å². The Balaban J connectivity index is 1.55. The Hall–Kier alpha value is -3.00. The molecular weight excluding hydrogens is 407 g/mol. The molecule has 1 saturated heterocycles. The molecule has 5 nitrogen and oxygen atoms in total. The number of H-pyrrole nitrogens is 1. The number of methoxy groups -OCH3 is 1. The second kappa shape index (κ2) is 8.63. The number of likely N-dealkylation sites (tertiary alicyclic amines) is 1. The quantitative estimate of drug-likeness (QED) is 0.584. The SMILES string of the molecule is COc1cccc(CN2CCC[C@@H](c3[nH]ncc3-c3cccc(C(F)(F)F)c3)C2)c1O. The molecule has 0 amide bonds. The molecule has 1 aliphatic heterocycles. The number of aromatic amines is 1. The summed E-state index contributed by atoms with van der Waals surface area (Å²) in [6.45, 7) is 2.15. The second-order valence-electron chi connectivity index (χ2n) is 7.82. The first-order valence-corrected chi connectivity index (χ1v) is 10.1. The van der Waals surface area contributed by atoms with E-state index < -0.39 is 11.7 Å². The molecule has 0 saturated carbocycles. The second-order valence-corrected chi connectivity index (χ2v) is 7.82. The maximum atomic E-state index is 13.2. The Kier molecular flexibility index (Phi) is 5.91. The lowest BCUT2D eigenvalue weighted by Gasteiger charge is -2.33. The molecule has 1 aromatic heterocycles. The Morgan fingerprint density at radius 2 is 2.03 bits per heavy atom. The van der Waals surface area contributed by atoms with E-state index in [1.807, 2.05) is 12.1 Å². The summed E-state index contributed by atoms with van der Waals surface area (Å²) in [5.41, 5.74) is 2.15. The molecule has 1 atom stereocenters. The van der Waals surface area contributed by atoms with E-state index in [4.69, 9.17) is 4.74 Å². The van der Waals surface area contributed by atoms with Crippen LogP contribution in [0.1, 0.15) is 35.6 Å². The van der Waals surface area contributed by atoms with Crippen molar-refractivity contribution in [2.45, 2.75) is 31.5 Å². The van der Waals surface area contributed by atoms with Crippen molar-refractivity contribution in [1.82, 2.24) is 15.1 Å². The summed E-state index contributed by atoms with van der Waals surface area (Å²) in [7, 11) is 1.52. The van der Waals surface area contributed by atoms with Crippen LogP contribution in [0.5, 0.6) is 11.5 Å². The normalized spacial score (nSPS) is 17.6. The van der Waals surface area contributed by atoms with Crippen LogP contribution in [0.3, 0.4) is 0 Å². The number of aromatic hydroxyl groups is 1. The number of para-hydroxylation sites is 1. The number of aromatic nitrogens is 2. The van der Waals surface area contributed by atoms with E-state index in [1.54, 1.807) is 18.3 Å². The first-order chi connectivity index (χ1) is 14.9. The number of phenols is 1. The smallest absolute Gasteiger partial charge is 0.416 e. The van der Waals surface area contributed by atoms with E-state index >= 15 is 0 Å². The molecule has 1 fully saturated rings.